The van der Waals surface area contributed by atoms with Crippen molar-refractivity contribution >= 4 is 5.71 Å². The molecule has 0 saturated carbocycles. The van der Waals surface area contributed by atoms with Gasteiger partial charge in [-0.05, 0) is 23.5 Å². The molecule has 1 rings (SSSR count). The Labute approximate surface area is 85.8 Å². The number of rotatable bonds is 1. The number of nitrogens with two attached hydrogens (primary N) is 1. The second-order valence-corrected chi connectivity index (χ2v) is 4.54. The van der Waals surface area contributed by atoms with E-state index in [0.717, 1.165) is 11.3 Å². The zero-order valence-corrected chi connectivity index (χ0v) is 9.33. The Morgan fingerprint density at radius 2 is 1.64 bits per heavy atom. The fourth-order valence-electron chi connectivity index (χ4n) is 1.29. The van der Waals surface area contributed by atoms with Gasteiger partial charge in [-0.1, -0.05) is 45.0 Å². The van der Waals surface area contributed by atoms with Gasteiger partial charge in [-0.2, -0.15) is 5.10 Å². The third-order valence-electron chi connectivity index (χ3n) is 2.36. The molecule has 0 unspecified atom stereocenters. The van der Waals surface area contributed by atoms with E-state index in [2.05, 4.69) is 50.1 Å². The lowest BCUT2D eigenvalue weighted by molar-refractivity contribution is 0.590. The highest BCUT2D eigenvalue weighted by Crippen LogP contribution is 2.22. The minimum atomic E-state index is 0.201. The Kier molecular flexibility index (Phi) is 2.94. The van der Waals surface area contributed by atoms with E-state index in [1.54, 1.807) is 0 Å². The molecule has 0 radical (unpaired) electrons. The molecule has 0 aliphatic heterocycles. The van der Waals surface area contributed by atoms with Crippen LogP contribution in [0.3, 0.4) is 0 Å². The second kappa shape index (κ2) is 3.82. The van der Waals surface area contributed by atoms with Crippen molar-refractivity contribution in [1.82, 2.24) is 0 Å². The summed E-state index contributed by atoms with van der Waals surface area (Å²) in [6.07, 6.45) is 0. The van der Waals surface area contributed by atoms with Gasteiger partial charge in [-0.15, -0.1) is 0 Å². The molecule has 0 aliphatic carbocycles. The first-order chi connectivity index (χ1) is 6.45. The summed E-state index contributed by atoms with van der Waals surface area (Å²) in [6.45, 7) is 8.51. The smallest absolute Gasteiger partial charge is 0.0641 e. The lowest BCUT2D eigenvalue weighted by atomic mass is 9.86. The molecule has 0 atom stereocenters. The van der Waals surface area contributed by atoms with E-state index >= 15 is 0 Å². The van der Waals surface area contributed by atoms with Crippen LogP contribution < -0.4 is 5.84 Å². The van der Waals surface area contributed by atoms with E-state index in [0.29, 0.717) is 0 Å². The molecular weight excluding hydrogens is 172 g/mol. The van der Waals surface area contributed by atoms with Gasteiger partial charge in [-0.3, -0.25) is 0 Å². The highest BCUT2D eigenvalue weighted by atomic mass is 15.1. The summed E-state index contributed by atoms with van der Waals surface area (Å²) >= 11 is 0. The largest absolute Gasteiger partial charge is 0.323 e. The predicted octanol–water partition coefficient (Wildman–Crippen LogP) is 2.67. The molecule has 0 spiro atoms. The van der Waals surface area contributed by atoms with Crippen molar-refractivity contribution in [3.8, 4) is 0 Å². The zero-order chi connectivity index (χ0) is 10.8. The number of hydrogen-bond acceptors (Lipinski definition) is 2. The van der Waals surface area contributed by atoms with Gasteiger partial charge in [0.15, 0.2) is 0 Å². The van der Waals surface area contributed by atoms with E-state index in [-0.39, 0.29) is 5.41 Å². The van der Waals surface area contributed by atoms with Crippen molar-refractivity contribution < 1.29 is 0 Å². The molecule has 0 heterocycles. The van der Waals surface area contributed by atoms with Crippen molar-refractivity contribution in [2.45, 2.75) is 33.1 Å². The van der Waals surface area contributed by atoms with Crippen LogP contribution in [0.15, 0.2) is 29.4 Å². The van der Waals surface area contributed by atoms with E-state index in [9.17, 15) is 0 Å². The van der Waals surface area contributed by atoms with Gasteiger partial charge in [-0.25, -0.2) is 0 Å². The summed E-state index contributed by atoms with van der Waals surface area (Å²) in [7, 11) is 0. The minimum absolute atomic E-state index is 0.201. The van der Waals surface area contributed by atoms with Crippen LogP contribution >= 0.6 is 0 Å². The summed E-state index contributed by atoms with van der Waals surface area (Å²) in [5, 5.41) is 3.67. The Morgan fingerprint density at radius 3 is 2.00 bits per heavy atom. The fraction of sp³-hybridized carbons (Fsp3) is 0.417. The monoisotopic (exact) mass is 190 g/mol. The maximum atomic E-state index is 5.22. The molecule has 0 amide bonds. The van der Waals surface area contributed by atoms with E-state index in [1.165, 1.54) is 5.56 Å². The molecule has 1 aromatic carbocycles. The Bertz CT molecular complexity index is 328. The van der Waals surface area contributed by atoms with Crippen molar-refractivity contribution in [3.05, 3.63) is 35.4 Å². The van der Waals surface area contributed by atoms with Gasteiger partial charge in [0, 0.05) is 0 Å². The Morgan fingerprint density at radius 1 is 1.14 bits per heavy atom. The lowest BCUT2D eigenvalue weighted by Gasteiger charge is -2.19. The van der Waals surface area contributed by atoms with Crippen LogP contribution in [-0.4, -0.2) is 5.71 Å². The third-order valence-corrected chi connectivity index (χ3v) is 2.36. The topological polar surface area (TPSA) is 38.4 Å². The van der Waals surface area contributed by atoms with Gasteiger partial charge < -0.3 is 5.84 Å². The first-order valence-electron chi connectivity index (χ1n) is 4.80. The minimum Gasteiger partial charge on any atom is -0.323 e. The number of benzene rings is 1. The van der Waals surface area contributed by atoms with Crippen molar-refractivity contribution in [1.29, 1.82) is 0 Å². The van der Waals surface area contributed by atoms with Crippen molar-refractivity contribution in [3.63, 3.8) is 0 Å². The molecule has 1 aromatic rings. The van der Waals surface area contributed by atoms with Crippen LogP contribution in [0.4, 0.5) is 0 Å². The number of nitrogens with zero attached hydrogens (tertiary/aromatic N) is 1. The summed E-state index contributed by atoms with van der Waals surface area (Å²) in [5.74, 6) is 5.22. The van der Waals surface area contributed by atoms with Gasteiger partial charge in [0.1, 0.15) is 0 Å². The van der Waals surface area contributed by atoms with Crippen molar-refractivity contribution in [2.24, 2.45) is 10.9 Å². The molecule has 0 aliphatic rings. The number of hydrogen-bond donors (Lipinski definition) is 1. The normalized spacial score (nSPS) is 13.0. The summed E-state index contributed by atoms with van der Waals surface area (Å²) in [6, 6.07) is 8.38. The third kappa shape index (κ3) is 2.34. The zero-order valence-electron chi connectivity index (χ0n) is 9.33. The molecule has 0 saturated heterocycles. The van der Waals surface area contributed by atoms with Gasteiger partial charge in [0.05, 0.1) is 5.71 Å². The quantitative estimate of drug-likeness (QED) is 0.412. The summed E-state index contributed by atoms with van der Waals surface area (Å²) in [5.41, 5.74) is 3.48. The summed E-state index contributed by atoms with van der Waals surface area (Å²) in [4.78, 5) is 0. The summed E-state index contributed by atoms with van der Waals surface area (Å²) < 4.78 is 0. The molecule has 0 bridgehead atoms. The SMILES string of the molecule is C/C(=N/N)c1ccc(C(C)(C)C)cc1. The molecule has 14 heavy (non-hydrogen) atoms. The van der Waals surface area contributed by atoms with Gasteiger partial charge in [0.25, 0.3) is 0 Å². The van der Waals surface area contributed by atoms with Crippen LogP contribution in [-0.2, 0) is 5.41 Å². The fourth-order valence-corrected chi connectivity index (χ4v) is 1.29. The van der Waals surface area contributed by atoms with Crippen LogP contribution in [0.2, 0.25) is 0 Å². The van der Waals surface area contributed by atoms with E-state index < -0.39 is 0 Å². The predicted molar refractivity (Wildman–Crippen MR) is 61.5 cm³/mol. The maximum Gasteiger partial charge on any atom is 0.0641 e. The van der Waals surface area contributed by atoms with E-state index in [4.69, 9.17) is 5.84 Å². The van der Waals surface area contributed by atoms with Crippen LogP contribution in [0, 0.1) is 0 Å². The maximum absolute atomic E-state index is 5.22. The van der Waals surface area contributed by atoms with Gasteiger partial charge in [0.2, 0.25) is 0 Å². The molecular formula is C12H18N2. The van der Waals surface area contributed by atoms with Crippen LogP contribution in [0.25, 0.3) is 0 Å². The number of hydrazone groups is 1. The Hall–Kier alpha value is -1.31. The highest BCUT2D eigenvalue weighted by molar-refractivity contribution is 5.98. The standard InChI is InChI=1S/C12H18N2/c1-9(14-13)10-5-7-11(8-6-10)12(2,3)4/h5-8H,13H2,1-4H3/b14-9-. The highest BCUT2D eigenvalue weighted by Gasteiger charge is 2.12. The molecule has 2 nitrogen and oxygen atoms in total. The first-order valence-corrected chi connectivity index (χ1v) is 4.80. The molecule has 76 valence electrons. The molecule has 2 heteroatoms. The Balaban J connectivity index is 3.01. The van der Waals surface area contributed by atoms with Crippen LogP contribution in [0.1, 0.15) is 38.8 Å². The molecule has 0 aromatic heterocycles. The lowest BCUT2D eigenvalue weighted by Crippen LogP contribution is -2.11. The average Bonchev–Trinajstić information content (AvgIpc) is 2.15. The van der Waals surface area contributed by atoms with Gasteiger partial charge >= 0.3 is 0 Å². The van der Waals surface area contributed by atoms with Crippen LogP contribution in [0.5, 0.6) is 0 Å². The second-order valence-electron chi connectivity index (χ2n) is 4.54. The molecule has 2 N–H and O–H groups in total. The van der Waals surface area contributed by atoms with E-state index in [1.807, 2.05) is 6.92 Å². The first kappa shape index (κ1) is 10.8. The molecule has 0 fully saturated rings. The average molecular weight is 190 g/mol. The van der Waals surface area contributed by atoms with Crippen molar-refractivity contribution in [2.75, 3.05) is 0 Å².